The zero-order valence-electron chi connectivity index (χ0n) is 12.5. The fraction of sp³-hybridized carbons (Fsp3) is 0.800. The van der Waals surface area contributed by atoms with Crippen molar-refractivity contribution in [2.45, 2.75) is 51.2 Å². The average Bonchev–Trinajstić information content (AvgIpc) is 2.97. The van der Waals surface area contributed by atoms with E-state index in [9.17, 15) is 4.79 Å². The number of hydrogen-bond acceptors (Lipinski definition) is 3. The lowest BCUT2D eigenvalue weighted by atomic mass is 10.1. The second-order valence-electron chi connectivity index (χ2n) is 6.19. The summed E-state index contributed by atoms with van der Waals surface area (Å²) in [6, 6.07) is 0.460. The first kappa shape index (κ1) is 14.5. The lowest BCUT2D eigenvalue weighted by Crippen LogP contribution is -2.51. The third kappa shape index (κ3) is 3.18. The van der Waals surface area contributed by atoms with Crippen molar-refractivity contribution in [2.24, 2.45) is 11.8 Å². The number of amides is 1. The molecule has 1 saturated carbocycles. The van der Waals surface area contributed by atoms with Crippen molar-refractivity contribution in [3.63, 3.8) is 0 Å². The SMILES string of the molecule is COC(C)(C)C(=O)N(C)NC1C2CCC=CCCC21. The Kier molecular flexibility index (Phi) is 4.31. The minimum Gasteiger partial charge on any atom is -0.369 e. The molecule has 2 unspecified atom stereocenters. The molecule has 0 saturated heterocycles. The molecular formula is C15H26N2O2. The van der Waals surface area contributed by atoms with E-state index >= 15 is 0 Å². The number of likely N-dealkylation sites (N-methyl/N-ethyl adjacent to an activating group) is 1. The first-order valence-electron chi connectivity index (χ1n) is 7.22. The highest BCUT2D eigenvalue weighted by molar-refractivity contribution is 5.83. The van der Waals surface area contributed by atoms with E-state index in [2.05, 4.69) is 17.6 Å². The molecule has 0 aromatic heterocycles. The van der Waals surface area contributed by atoms with E-state index in [1.807, 2.05) is 0 Å². The van der Waals surface area contributed by atoms with Gasteiger partial charge < -0.3 is 4.74 Å². The minimum absolute atomic E-state index is 0.0209. The number of hydrazine groups is 1. The van der Waals surface area contributed by atoms with Crippen molar-refractivity contribution in [3.8, 4) is 0 Å². The van der Waals surface area contributed by atoms with Gasteiger partial charge in [-0.3, -0.25) is 9.80 Å². The van der Waals surface area contributed by atoms with Gasteiger partial charge in [-0.25, -0.2) is 5.43 Å². The third-order valence-corrected chi connectivity index (χ3v) is 4.50. The van der Waals surface area contributed by atoms with E-state index in [0.29, 0.717) is 6.04 Å². The summed E-state index contributed by atoms with van der Waals surface area (Å²) >= 11 is 0. The Morgan fingerprint density at radius 2 is 1.79 bits per heavy atom. The molecule has 0 aromatic carbocycles. The molecule has 0 aliphatic heterocycles. The molecule has 0 radical (unpaired) electrons. The number of fused-ring (bicyclic) bond motifs is 1. The Hall–Kier alpha value is -0.870. The predicted molar refractivity (Wildman–Crippen MR) is 75.4 cm³/mol. The highest BCUT2D eigenvalue weighted by Gasteiger charge is 2.50. The number of allylic oxidation sites excluding steroid dienone is 2. The van der Waals surface area contributed by atoms with E-state index in [1.54, 1.807) is 33.0 Å². The van der Waals surface area contributed by atoms with E-state index in [1.165, 1.54) is 25.7 Å². The van der Waals surface area contributed by atoms with E-state index in [0.717, 1.165) is 11.8 Å². The summed E-state index contributed by atoms with van der Waals surface area (Å²) in [5.41, 5.74) is 2.60. The number of rotatable bonds is 4. The molecule has 19 heavy (non-hydrogen) atoms. The third-order valence-electron chi connectivity index (χ3n) is 4.50. The van der Waals surface area contributed by atoms with Crippen molar-refractivity contribution >= 4 is 5.91 Å². The van der Waals surface area contributed by atoms with Crippen LogP contribution in [0.2, 0.25) is 0 Å². The van der Waals surface area contributed by atoms with Crippen LogP contribution in [0.25, 0.3) is 0 Å². The molecule has 2 aliphatic carbocycles. The Morgan fingerprint density at radius 1 is 1.26 bits per heavy atom. The molecule has 2 aliphatic rings. The Morgan fingerprint density at radius 3 is 2.26 bits per heavy atom. The Balaban J connectivity index is 1.87. The standard InChI is InChI=1S/C15H26N2O2/c1-15(2,19-4)14(18)17(3)16-13-11-9-7-5-6-8-10-12(11)13/h5-6,11-13,16H,7-10H2,1-4H3. The maximum Gasteiger partial charge on any atom is 0.268 e. The molecule has 1 N–H and O–H groups in total. The number of carbonyl (C=O) groups is 1. The van der Waals surface area contributed by atoms with E-state index in [-0.39, 0.29) is 5.91 Å². The van der Waals surface area contributed by atoms with E-state index in [4.69, 9.17) is 4.74 Å². The lowest BCUT2D eigenvalue weighted by Gasteiger charge is -2.28. The summed E-state index contributed by atoms with van der Waals surface area (Å²) < 4.78 is 5.24. The van der Waals surface area contributed by atoms with Gasteiger partial charge in [0, 0.05) is 20.2 Å². The van der Waals surface area contributed by atoms with Gasteiger partial charge >= 0.3 is 0 Å². The average molecular weight is 266 g/mol. The first-order valence-corrected chi connectivity index (χ1v) is 7.22. The monoisotopic (exact) mass is 266 g/mol. The lowest BCUT2D eigenvalue weighted by molar-refractivity contribution is -0.153. The van der Waals surface area contributed by atoms with Gasteiger partial charge in [-0.1, -0.05) is 12.2 Å². The van der Waals surface area contributed by atoms with Crippen molar-refractivity contribution < 1.29 is 9.53 Å². The molecule has 4 nitrogen and oxygen atoms in total. The van der Waals surface area contributed by atoms with Gasteiger partial charge in [0.05, 0.1) is 0 Å². The topological polar surface area (TPSA) is 41.6 Å². The number of hydrogen-bond donors (Lipinski definition) is 1. The normalized spacial score (nSPS) is 30.2. The van der Waals surface area contributed by atoms with Gasteiger partial charge in [-0.05, 0) is 51.4 Å². The molecule has 1 fully saturated rings. The van der Waals surface area contributed by atoms with Crippen LogP contribution in [0, 0.1) is 11.8 Å². The minimum atomic E-state index is -0.767. The second-order valence-corrected chi connectivity index (χ2v) is 6.19. The summed E-state index contributed by atoms with van der Waals surface area (Å²) in [7, 11) is 3.37. The highest BCUT2D eigenvalue weighted by atomic mass is 16.5. The first-order chi connectivity index (χ1) is 8.97. The van der Waals surface area contributed by atoms with Crippen LogP contribution in [-0.4, -0.2) is 36.7 Å². The predicted octanol–water partition coefficient (Wildman–Crippen LogP) is 2.12. The van der Waals surface area contributed by atoms with Crippen LogP contribution in [0.5, 0.6) is 0 Å². The van der Waals surface area contributed by atoms with Crippen LogP contribution < -0.4 is 5.43 Å². The fourth-order valence-corrected chi connectivity index (χ4v) is 3.01. The van der Waals surface area contributed by atoms with Crippen LogP contribution >= 0.6 is 0 Å². The summed E-state index contributed by atoms with van der Waals surface area (Å²) in [5.74, 6) is 1.43. The molecular weight excluding hydrogens is 240 g/mol. The Labute approximate surface area is 116 Å². The molecule has 0 spiro atoms. The Bertz CT molecular complexity index is 349. The maximum absolute atomic E-state index is 12.2. The molecule has 4 heteroatoms. The number of nitrogens with zero attached hydrogens (tertiary/aromatic N) is 1. The molecule has 108 valence electrons. The quantitative estimate of drug-likeness (QED) is 0.626. The summed E-state index contributed by atoms with van der Waals surface area (Å²) in [5, 5.41) is 1.62. The second kappa shape index (κ2) is 5.63. The smallest absolute Gasteiger partial charge is 0.268 e. The largest absolute Gasteiger partial charge is 0.369 e. The van der Waals surface area contributed by atoms with Crippen molar-refractivity contribution in [1.82, 2.24) is 10.4 Å². The highest BCUT2D eigenvalue weighted by Crippen LogP contribution is 2.46. The molecule has 0 bridgehead atoms. The van der Waals surface area contributed by atoms with Crippen LogP contribution in [0.1, 0.15) is 39.5 Å². The summed E-state index contributed by atoms with van der Waals surface area (Å²) in [4.78, 5) is 12.2. The number of nitrogens with one attached hydrogen (secondary N) is 1. The molecule has 0 heterocycles. The van der Waals surface area contributed by atoms with Gasteiger partial charge in [0.1, 0.15) is 5.60 Å². The van der Waals surface area contributed by atoms with Gasteiger partial charge in [0.25, 0.3) is 5.91 Å². The molecule has 1 amide bonds. The van der Waals surface area contributed by atoms with Crippen LogP contribution in [-0.2, 0) is 9.53 Å². The van der Waals surface area contributed by atoms with Crippen LogP contribution in [0.4, 0.5) is 0 Å². The molecule has 2 rings (SSSR count). The number of methoxy groups -OCH3 is 1. The van der Waals surface area contributed by atoms with Crippen molar-refractivity contribution in [2.75, 3.05) is 14.2 Å². The summed E-state index contributed by atoms with van der Waals surface area (Å²) in [6.45, 7) is 3.60. The molecule has 0 aromatic rings. The van der Waals surface area contributed by atoms with Gasteiger partial charge in [-0.15, -0.1) is 0 Å². The van der Waals surface area contributed by atoms with Gasteiger partial charge in [0.2, 0.25) is 0 Å². The molecule has 2 atom stereocenters. The van der Waals surface area contributed by atoms with E-state index < -0.39 is 5.60 Å². The fourth-order valence-electron chi connectivity index (χ4n) is 3.01. The van der Waals surface area contributed by atoms with Crippen LogP contribution in [0.15, 0.2) is 12.2 Å². The van der Waals surface area contributed by atoms with Gasteiger partial charge in [-0.2, -0.15) is 0 Å². The number of carbonyl (C=O) groups excluding carboxylic acids is 1. The zero-order valence-corrected chi connectivity index (χ0v) is 12.5. The maximum atomic E-state index is 12.2. The van der Waals surface area contributed by atoms with Crippen molar-refractivity contribution in [1.29, 1.82) is 0 Å². The summed E-state index contributed by atoms with van der Waals surface area (Å²) in [6.07, 6.45) is 9.37. The van der Waals surface area contributed by atoms with Crippen molar-refractivity contribution in [3.05, 3.63) is 12.2 Å². The van der Waals surface area contributed by atoms with Gasteiger partial charge in [0.15, 0.2) is 0 Å². The van der Waals surface area contributed by atoms with Crippen LogP contribution in [0.3, 0.4) is 0 Å². The number of ether oxygens (including phenoxy) is 1. The zero-order chi connectivity index (χ0) is 14.0.